The molecule has 3 aromatic rings. The Kier molecular flexibility index (Phi) is 3.96. The molecule has 4 nitrogen and oxygen atoms in total. The number of carbonyl (C=O) groups is 1. The summed E-state index contributed by atoms with van der Waals surface area (Å²) in [7, 11) is 0. The number of carbonyl (C=O) groups excluding carboxylic acids is 1. The molecule has 0 spiro atoms. The first-order chi connectivity index (χ1) is 10.9. The molecule has 0 atom stereocenters. The summed E-state index contributed by atoms with van der Waals surface area (Å²) in [4.78, 5) is 24.1. The van der Waals surface area contributed by atoms with Crippen LogP contribution in [0.3, 0.4) is 0 Å². The number of hydrogen-bond donors (Lipinski definition) is 1. The Morgan fingerprint density at radius 2 is 1.83 bits per heavy atom. The molecule has 0 aliphatic carbocycles. The number of anilines is 1. The van der Waals surface area contributed by atoms with E-state index in [4.69, 9.17) is 4.42 Å². The van der Waals surface area contributed by atoms with E-state index in [2.05, 4.69) is 21.2 Å². The van der Waals surface area contributed by atoms with E-state index in [0.717, 1.165) is 18.2 Å². The molecular weight excluding hydrogens is 372 g/mol. The maximum atomic E-state index is 13.1. The third-order valence-corrected chi connectivity index (χ3v) is 3.59. The number of rotatable bonds is 2. The number of fused-ring (bicyclic) bond motifs is 1. The van der Waals surface area contributed by atoms with Crippen LogP contribution in [-0.2, 0) is 0 Å². The molecule has 0 saturated carbocycles. The maximum absolute atomic E-state index is 13.1. The normalized spacial score (nSPS) is 10.7. The molecule has 3 rings (SSSR count). The summed E-state index contributed by atoms with van der Waals surface area (Å²) in [5.41, 5.74) is -0.0950. The van der Waals surface area contributed by atoms with E-state index in [9.17, 15) is 18.4 Å². The lowest BCUT2D eigenvalue weighted by Crippen LogP contribution is -2.15. The highest BCUT2D eigenvalue weighted by Gasteiger charge is 2.14. The minimum atomic E-state index is -1.09. The smallest absolute Gasteiger partial charge is 0.291 e. The number of benzene rings is 2. The summed E-state index contributed by atoms with van der Waals surface area (Å²) in [6, 6.07) is 8.78. The lowest BCUT2D eigenvalue weighted by atomic mass is 10.2. The van der Waals surface area contributed by atoms with Crippen molar-refractivity contribution in [1.29, 1.82) is 0 Å². The molecule has 1 aromatic heterocycles. The van der Waals surface area contributed by atoms with E-state index < -0.39 is 17.5 Å². The van der Waals surface area contributed by atoms with E-state index in [1.807, 2.05) is 0 Å². The Morgan fingerprint density at radius 1 is 1.04 bits per heavy atom. The summed E-state index contributed by atoms with van der Waals surface area (Å²) in [6.45, 7) is 0. The van der Waals surface area contributed by atoms with E-state index in [1.54, 1.807) is 18.2 Å². The summed E-state index contributed by atoms with van der Waals surface area (Å²) in [6.07, 6.45) is 0. The standard InChI is InChI=1S/C16H8BrF2NO3/c17-8-1-3-10-13(21)7-15(23-14(10)5-8)16(22)20-9-2-4-11(18)12(19)6-9/h1-7H,(H,20,22). The molecule has 7 heteroatoms. The lowest BCUT2D eigenvalue weighted by molar-refractivity contribution is 0.0997. The van der Waals surface area contributed by atoms with Crippen molar-refractivity contribution >= 4 is 38.5 Å². The third-order valence-electron chi connectivity index (χ3n) is 3.09. The van der Waals surface area contributed by atoms with Crippen molar-refractivity contribution in [2.45, 2.75) is 0 Å². The monoisotopic (exact) mass is 379 g/mol. The minimum absolute atomic E-state index is 0.0471. The number of hydrogen-bond acceptors (Lipinski definition) is 3. The van der Waals surface area contributed by atoms with Gasteiger partial charge in [-0.2, -0.15) is 0 Å². The van der Waals surface area contributed by atoms with Crippen LogP contribution >= 0.6 is 15.9 Å². The van der Waals surface area contributed by atoms with Gasteiger partial charge in [0.2, 0.25) is 0 Å². The van der Waals surface area contributed by atoms with Gasteiger partial charge in [-0.25, -0.2) is 8.78 Å². The zero-order chi connectivity index (χ0) is 16.6. The number of nitrogens with one attached hydrogen (secondary N) is 1. The fourth-order valence-corrected chi connectivity index (χ4v) is 2.35. The van der Waals surface area contributed by atoms with E-state index in [0.29, 0.717) is 9.86 Å². The predicted molar refractivity (Wildman–Crippen MR) is 84.5 cm³/mol. The average Bonchev–Trinajstić information content (AvgIpc) is 2.50. The molecule has 0 unspecified atom stereocenters. The van der Waals surface area contributed by atoms with Crippen LogP contribution in [0.25, 0.3) is 11.0 Å². The second-order valence-electron chi connectivity index (χ2n) is 4.70. The molecule has 0 aliphatic rings. The molecule has 116 valence electrons. The van der Waals surface area contributed by atoms with Crippen molar-refractivity contribution in [2.24, 2.45) is 0 Å². The van der Waals surface area contributed by atoms with Gasteiger partial charge < -0.3 is 9.73 Å². The van der Waals surface area contributed by atoms with Gasteiger partial charge >= 0.3 is 0 Å². The van der Waals surface area contributed by atoms with Gasteiger partial charge in [-0.3, -0.25) is 9.59 Å². The highest BCUT2D eigenvalue weighted by Crippen LogP contribution is 2.19. The van der Waals surface area contributed by atoms with Crippen LogP contribution in [0.15, 0.2) is 56.1 Å². The Bertz CT molecular complexity index is 985. The van der Waals surface area contributed by atoms with Crippen molar-refractivity contribution < 1.29 is 18.0 Å². The van der Waals surface area contributed by atoms with Gasteiger partial charge in [0.15, 0.2) is 22.8 Å². The van der Waals surface area contributed by atoms with Crippen LogP contribution in [0.2, 0.25) is 0 Å². The third kappa shape index (κ3) is 3.14. The fourth-order valence-electron chi connectivity index (χ4n) is 2.01. The molecule has 0 bridgehead atoms. The first-order valence-corrected chi connectivity index (χ1v) is 7.23. The molecule has 0 aliphatic heterocycles. The Balaban J connectivity index is 1.97. The van der Waals surface area contributed by atoms with E-state index in [-0.39, 0.29) is 22.5 Å². The van der Waals surface area contributed by atoms with E-state index in [1.165, 1.54) is 6.07 Å². The SMILES string of the molecule is O=C(Nc1ccc(F)c(F)c1)c1cc(=O)c2ccc(Br)cc2o1. The minimum Gasteiger partial charge on any atom is -0.451 e. The van der Waals surface area contributed by atoms with Crippen molar-refractivity contribution in [2.75, 3.05) is 5.32 Å². The van der Waals surface area contributed by atoms with Crippen molar-refractivity contribution in [3.8, 4) is 0 Å². The van der Waals surface area contributed by atoms with Gasteiger partial charge in [0.05, 0.1) is 5.39 Å². The molecule has 2 aromatic carbocycles. The first kappa shape index (κ1) is 15.4. The van der Waals surface area contributed by atoms with Crippen LogP contribution < -0.4 is 10.7 Å². The molecule has 1 amide bonds. The largest absolute Gasteiger partial charge is 0.451 e. The zero-order valence-electron chi connectivity index (χ0n) is 11.4. The second kappa shape index (κ2) is 5.92. The van der Waals surface area contributed by atoms with Gasteiger partial charge in [-0.1, -0.05) is 15.9 Å². The quantitative estimate of drug-likeness (QED) is 0.729. The van der Waals surface area contributed by atoms with Crippen LogP contribution in [0.4, 0.5) is 14.5 Å². The average molecular weight is 380 g/mol. The maximum Gasteiger partial charge on any atom is 0.291 e. The second-order valence-corrected chi connectivity index (χ2v) is 5.61. The molecule has 0 saturated heterocycles. The Hall–Kier alpha value is -2.54. The first-order valence-electron chi connectivity index (χ1n) is 6.44. The molecular formula is C16H8BrF2NO3. The number of amides is 1. The van der Waals surface area contributed by atoms with Crippen LogP contribution in [0.5, 0.6) is 0 Å². The van der Waals surface area contributed by atoms with Gasteiger partial charge in [0.1, 0.15) is 5.58 Å². The van der Waals surface area contributed by atoms with Crippen LogP contribution in [0.1, 0.15) is 10.6 Å². The highest BCUT2D eigenvalue weighted by atomic mass is 79.9. The molecule has 1 heterocycles. The van der Waals surface area contributed by atoms with Crippen LogP contribution in [0, 0.1) is 11.6 Å². The zero-order valence-corrected chi connectivity index (χ0v) is 13.0. The molecule has 0 radical (unpaired) electrons. The molecule has 1 N–H and O–H groups in total. The summed E-state index contributed by atoms with van der Waals surface area (Å²) in [5.74, 6) is -3.09. The summed E-state index contributed by atoms with van der Waals surface area (Å²) < 4.78 is 32.1. The van der Waals surface area contributed by atoms with Crippen molar-refractivity contribution in [1.82, 2.24) is 0 Å². The summed E-state index contributed by atoms with van der Waals surface area (Å²) in [5, 5.41) is 2.67. The highest BCUT2D eigenvalue weighted by molar-refractivity contribution is 9.10. The van der Waals surface area contributed by atoms with Gasteiger partial charge in [-0.15, -0.1) is 0 Å². The molecule has 0 fully saturated rings. The van der Waals surface area contributed by atoms with Gasteiger partial charge in [0, 0.05) is 22.3 Å². The van der Waals surface area contributed by atoms with Crippen molar-refractivity contribution in [3.63, 3.8) is 0 Å². The van der Waals surface area contributed by atoms with Crippen molar-refractivity contribution in [3.05, 3.63) is 74.6 Å². The van der Waals surface area contributed by atoms with Crippen LogP contribution in [-0.4, -0.2) is 5.91 Å². The topological polar surface area (TPSA) is 59.3 Å². The Morgan fingerprint density at radius 3 is 2.57 bits per heavy atom. The Labute approximate surface area is 136 Å². The number of halogens is 3. The predicted octanol–water partition coefficient (Wildman–Crippen LogP) is 4.09. The van der Waals surface area contributed by atoms with Gasteiger partial charge in [-0.05, 0) is 30.3 Å². The summed E-state index contributed by atoms with van der Waals surface area (Å²) >= 11 is 3.25. The van der Waals surface area contributed by atoms with Gasteiger partial charge in [0.25, 0.3) is 5.91 Å². The van der Waals surface area contributed by atoms with E-state index >= 15 is 0 Å². The lowest BCUT2D eigenvalue weighted by Gasteiger charge is -2.06. The molecule has 23 heavy (non-hydrogen) atoms. The fraction of sp³-hybridized carbons (Fsp3) is 0.